The first-order valence-corrected chi connectivity index (χ1v) is 10.3. The zero-order chi connectivity index (χ0) is 21.6. The first-order valence-electron chi connectivity index (χ1n) is 10.3. The maximum absolute atomic E-state index is 13.8. The molecule has 1 amide bonds. The highest BCUT2D eigenvalue weighted by Gasteiger charge is 2.23. The van der Waals surface area contributed by atoms with Crippen molar-refractivity contribution in [3.63, 3.8) is 0 Å². The molecule has 0 atom stereocenters. The number of hydrogen-bond acceptors (Lipinski definition) is 6. The third-order valence-corrected chi connectivity index (χ3v) is 5.56. The summed E-state index contributed by atoms with van der Waals surface area (Å²) in [5.74, 6) is 0.326. The Balaban J connectivity index is 1.37. The van der Waals surface area contributed by atoms with Crippen molar-refractivity contribution in [3.8, 4) is 0 Å². The van der Waals surface area contributed by atoms with E-state index in [0.717, 1.165) is 32.4 Å². The summed E-state index contributed by atoms with van der Waals surface area (Å²) >= 11 is 0. The van der Waals surface area contributed by atoms with E-state index in [2.05, 4.69) is 50.0 Å². The molecule has 0 spiro atoms. The third kappa shape index (κ3) is 4.91. The lowest BCUT2D eigenvalue weighted by Crippen LogP contribution is -2.36. The Bertz CT molecular complexity index is 1040. The van der Waals surface area contributed by atoms with E-state index in [1.807, 2.05) is 6.07 Å². The maximum atomic E-state index is 13.8. The standard InChI is InChI=1S/C23H25FN6O/c24-19-9-5-4-8-18(19)23(31)29-28-21-20(25)22(27-15-26-21)30-12-10-17(11-13-30)14-16-6-2-1-3-7-16/h1-9,15,17H,10-14,25H2,(H,29,31)(H,26,27,28). The molecule has 1 saturated heterocycles. The summed E-state index contributed by atoms with van der Waals surface area (Å²) in [6.45, 7) is 1.69. The average molecular weight is 420 g/mol. The molecule has 7 nitrogen and oxygen atoms in total. The first kappa shape index (κ1) is 20.6. The number of piperidine rings is 1. The number of aromatic nitrogens is 2. The number of nitrogen functional groups attached to an aromatic ring is 1. The fraction of sp³-hybridized carbons (Fsp3) is 0.261. The number of anilines is 3. The Morgan fingerprint density at radius 2 is 1.77 bits per heavy atom. The van der Waals surface area contributed by atoms with Crippen LogP contribution in [0.2, 0.25) is 0 Å². The van der Waals surface area contributed by atoms with Crippen LogP contribution >= 0.6 is 0 Å². The summed E-state index contributed by atoms with van der Waals surface area (Å²) in [4.78, 5) is 22.8. The largest absolute Gasteiger partial charge is 0.393 e. The van der Waals surface area contributed by atoms with Gasteiger partial charge >= 0.3 is 0 Å². The van der Waals surface area contributed by atoms with Crippen molar-refractivity contribution >= 4 is 23.2 Å². The molecule has 1 aliphatic heterocycles. The van der Waals surface area contributed by atoms with Crippen LogP contribution in [0.25, 0.3) is 0 Å². The normalized spacial score (nSPS) is 14.3. The molecule has 4 N–H and O–H groups in total. The van der Waals surface area contributed by atoms with Gasteiger partial charge in [-0.15, -0.1) is 0 Å². The topological polar surface area (TPSA) is 96.2 Å². The SMILES string of the molecule is Nc1c(NNC(=O)c2ccccc2F)ncnc1N1CCC(Cc2ccccc2)CC1. The van der Waals surface area contributed by atoms with E-state index in [0.29, 0.717) is 17.4 Å². The number of hydrogen-bond donors (Lipinski definition) is 3. The van der Waals surface area contributed by atoms with E-state index < -0.39 is 11.7 Å². The Kier molecular flexibility index (Phi) is 6.26. The van der Waals surface area contributed by atoms with Crippen molar-refractivity contribution in [1.29, 1.82) is 0 Å². The number of nitrogens with one attached hydrogen (secondary N) is 2. The summed E-state index contributed by atoms with van der Waals surface area (Å²) in [6.07, 6.45) is 4.57. The fourth-order valence-corrected chi connectivity index (χ4v) is 3.86. The molecule has 1 aliphatic rings. The molecule has 0 aliphatic carbocycles. The Labute approximate surface area is 180 Å². The number of carbonyl (C=O) groups is 1. The molecule has 4 rings (SSSR count). The molecule has 1 fully saturated rings. The van der Waals surface area contributed by atoms with Crippen LogP contribution in [0, 0.1) is 11.7 Å². The molecule has 0 radical (unpaired) electrons. The van der Waals surface area contributed by atoms with Gasteiger partial charge in [0.1, 0.15) is 17.8 Å². The van der Waals surface area contributed by atoms with Crippen LogP contribution in [0.1, 0.15) is 28.8 Å². The number of rotatable bonds is 6. The second kappa shape index (κ2) is 9.42. The highest BCUT2D eigenvalue weighted by molar-refractivity contribution is 5.95. The quantitative estimate of drug-likeness (QED) is 0.529. The predicted molar refractivity (Wildman–Crippen MR) is 119 cm³/mol. The molecule has 31 heavy (non-hydrogen) atoms. The van der Waals surface area contributed by atoms with Crippen molar-refractivity contribution in [2.75, 3.05) is 29.1 Å². The second-order valence-corrected chi connectivity index (χ2v) is 7.64. The van der Waals surface area contributed by atoms with Gasteiger partial charge in [-0.2, -0.15) is 0 Å². The van der Waals surface area contributed by atoms with Crippen molar-refractivity contribution in [3.05, 3.63) is 77.9 Å². The lowest BCUT2D eigenvalue weighted by molar-refractivity contribution is 0.0958. The van der Waals surface area contributed by atoms with Crippen molar-refractivity contribution in [1.82, 2.24) is 15.4 Å². The molecule has 2 aromatic carbocycles. The van der Waals surface area contributed by atoms with Gasteiger partial charge in [0.25, 0.3) is 5.91 Å². The minimum Gasteiger partial charge on any atom is -0.393 e. The summed E-state index contributed by atoms with van der Waals surface area (Å²) in [7, 11) is 0. The van der Waals surface area contributed by atoms with Gasteiger partial charge in [-0.1, -0.05) is 42.5 Å². The van der Waals surface area contributed by atoms with E-state index in [4.69, 9.17) is 5.73 Å². The van der Waals surface area contributed by atoms with Crippen LogP contribution in [0.4, 0.5) is 21.7 Å². The lowest BCUT2D eigenvalue weighted by atomic mass is 9.90. The smallest absolute Gasteiger partial charge is 0.272 e. The van der Waals surface area contributed by atoms with Crippen LogP contribution in [-0.2, 0) is 6.42 Å². The van der Waals surface area contributed by atoms with E-state index in [1.54, 1.807) is 6.07 Å². The van der Waals surface area contributed by atoms with Crippen LogP contribution < -0.4 is 21.5 Å². The minimum absolute atomic E-state index is 0.0664. The zero-order valence-electron chi connectivity index (χ0n) is 17.1. The van der Waals surface area contributed by atoms with Gasteiger partial charge in [-0.25, -0.2) is 14.4 Å². The summed E-state index contributed by atoms with van der Waals surface area (Å²) < 4.78 is 13.8. The number of halogens is 1. The molecule has 0 unspecified atom stereocenters. The molecule has 0 bridgehead atoms. The van der Waals surface area contributed by atoms with Crippen LogP contribution in [0.15, 0.2) is 60.9 Å². The third-order valence-electron chi connectivity index (χ3n) is 5.56. The molecule has 160 valence electrons. The van der Waals surface area contributed by atoms with Crippen molar-refractivity contribution < 1.29 is 9.18 Å². The van der Waals surface area contributed by atoms with Crippen molar-refractivity contribution in [2.24, 2.45) is 5.92 Å². The van der Waals surface area contributed by atoms with Gasteiger partial charge in [0.15, 0.2) is 11.6 Å². The number of benzene rings is 2. The van der Waals surface area contributed by atoms with Gasteiger partial charge in [0.05, 0.1) is 5.56 Å². The number of amides is 1. The van der Waals surface area contributed by atoms with Crippen LogP contribution in [0.3, 0.4) is 0 Å². The average Bonchev–Trinajstić information content (AvgIpc) is 2.80. The minimum atomic E-state index is -0.612. The van der Waals surface area contributed by atoms with Gasteiger partial charge in [-0.3, -0.25) is 15.6 Å². The Morgan fingerprint density at radius 1 is 1.06 bits per heavy atom. The Hall–Kier alpha value is -3.68. The summed E-state index contributed by atoms with van der Waals surface area (Å²) in [5.41, 5.74) is 13.0. The molecular formula is C23H25FN6O. The highest BCUT2D eigenvalue weighted by Crippen LogP contribution is 2.30. The highest BCUT2D eigenvalue weighted by atomic mass is 19.1. The van der Waals surface area contributed by atoms with Gasteiger partial charge < -0.3 is 10.6 Å². The number of nitrogens with zero attached hydrogens (tertiary/aromatic N) is 3. The fourth-order valence-electron chi connectivity index (χ4n) is 3.86. The monoisotopic (exact) mass is 420 g/mol. The van der Waals surface area contributed by atoms with Crippen molar-refractivity contribution in [2.45, 2.75) is 19.3 Å². The van der Waals surface area contributed by atoms with E-state index in [1.165, 1.54) is 30.1 Å². The van der Waals surface area contributed by atoms with E-state index in [-0.39, 0.29) is 11.4 Å². The summed E-state index contributed by atoms with van der Waals surface area (Å²) in [6, 6.07) is 16.3. The lowest BCUT2D eigenvalue weighted by Gasteiger charge is -2.33. The molecule has 1 aromatic heterocycles. The second-order valence-electron chi connectivity index (χ2n) is 7.64. The number of carbonyl (C=O) groups excluding carboxylic acids is 1. The van der Waals surface area contributed by atoms with E-state index >= 15 is 0 Å². The van der Waals surface area contributed by atoms with Gasteiger partial charge in [0.2, 0.25) is 0 Å². The Morgan fingerprint density at radius 3 is 2.52 bits per heavy atom. The zero-order valence-corrected chi connectivity index (χ0v) is 17.1. The first-order chi connectivity index (χ1) is 15.1. The molecular weight excluding hydrogens is 395 g/mol. The van der Waals surface area contributed by atoms with E-state index in [9.17, 15) is 9.18 Å². The number of hydrazine groups is 1. The van der Waals surface area contributed by atoms with Crippen LogP contribution in [-0.4, -0.2) is 29.0 Å². The molecule has 2 heterocycles. The van der Waals surface area contributed by atoms with Gasteiger partial charge in [-0.05, 0) is 42.9 Å². The van der Waals surface area contributed by atoms with Gasteiger partial charge in [0, 0.05) is 13.1 Å². The molecule has 3 aromatic rings. The van der Waals surface area contributed by atoms with Crippen LogP contribution in [0.5, 0.6) is 0 Å². The number of nitrogens with two attached hydrogens (primary N) is 1. The predicted octanol–water partition coefficient (Wildman–Crippen LogP) is 3.41. The molecule has 8 heteroatoms. The summed E-state index contributed by atoms with van der Waals surface area (Å²) in [5, 5.41) is 0. The maximum Gasteiger partial charge on any atom is 0.272 e. The molecule has 0 saturated carbocycles.